The van der Waals surface area contributed by atoms with Crippen LogP contribution in [0.5, 0.6) is 0 Å². The number of aryl methyl sites for hydroxylation is 1. The van der Waals surface area contributed by atoms with E-state index in [0.29, 0.717) is 0 Å². The summed E-state index contributed by atoms with van der Waals surface area (Å²) in [5.74, 6) is 0.192. The fraction of sp³-hybridized carbons (Fsp3) is 0.562. The molecule has 1 aromatic rings. The van der Waals surface area contributed by atoms with E-state index in [1.54, 1.807) is 0 Å². The smallest absolute Gasteiger partial charge is 0.254 e. The maximum absolute atomic E-state index is 12.9. The van der Waals surface area contributed by atoms with Crippen molar-refractivity contribution >= 4 is 5.91 Å². The molecule has 2 N–H and O–H groups in total. The van der Waals surface area contributed by atoms with Gasteiger partial charge in [-0.05, 0) is 45.0 Å². The minimum atomic E-state index is 0.00430. The van der Waals surface area contributed by atoms with Crippen molar-refractivity contribution in [1.29, 1.82) is 0 Å². The number of carbonyl (C=O) groups excluding carboxylic acids is 1. The average molecular weight is 273 g/mol. The molecular weight excluding hydrogens is 250 g/mol. The summed E-state index contributed by atoms with van der Waals surface area (Å²) in [6, 6.07) is 7.94. The van der Waals surface area contributed by atoms with Crippen LogP contribution in [0, 0.1) is 6.92 Å². The van der Waals surface area contributed by atoms with Gasteiger partial charge in [0.15, 0.2) is 0 Å². The summed E-state index contributed by atoms with van der Waals surface area (Å²) in [7, 11) is 0. The number of benzene rings is 1. The molecule has 2 heterocycles. The highest BCUT2D eigenvalue weighted by Gasteiger charge is 2.42. The number of carbonyl (C=O) groups is 1. The molecule has 20 heavy (non-hydrogen) atoms. The molecule has 4 heteroatoms. The van der Waals surface area contributed by atoms with E-state index in [-0.39, 0.29) is 11.4 Å². The fourth-order valence-electron chi connectivity index (χ4n) is 3.43. The van der Waals surface area contributed by atoms with Crippen LogP contribution in [0.3, 0.4) is 0 Å². The Labute approximate surface area is 120 Å². The molecule has 2 aliphatic heterocycles. The van der Waals surface area contributed by atoms with Crippen LogP contribution in [-0.4, -0.2) is 49.1 Å². The van der Waals surface area contributed by atoms with Crippen molar-refractivity contribution in [2.75, 3.05) is 32.7 Å². The highest BCUT2D eigenvalue weighted by molar-refractivity contribution is 5.95. The number of nitrogens with zero attached hydrogens (tertiary/aromatic N) is 1. The standard InChI is InChI=1S/C16H23N3O/c1-13-3-2-4-14(11-13)15(20)19-10-9-18-12-16(19)5-7-17-8-6-16/h2-4,11,17-18H,5-10,12H2,1H3. The molecule has 1 spiro atoms. The van der Waals surface area contributed by atoms with E-state index in [1.807, 2.05) is 31.2 Å². The number of rotatable bonds is 1. The van der Waals surface area contributed by atoms with Gasteiger partial charge in [0.25, 0.3) is 5.91 Å². The molecule has 2 saturated heterocycles. The van der Waals surface area contributed by atoms with Gasteiger partial charge in [-0.2, -0.15) is 0 Å². The number of hydrogen-bond donors (Lipinski definition) is 2. The number of piperidine rings is 1. The summed E-state index contributed by atoms with van der Waals surface area (Å²) in [5, 5.41) is 6.87. The average Bonchev–Trinajstić information content (AvgIpc) is 2.48. The minimum Gasteiger partial charge on any atom is -0.330 e. The third kappa shape index (κ3) is 2.45. The number of amides is 1. The molecule has 0 aromatic heterocycles. The first-order valence-corrected chi connectivity index (χ1v) is 7.51. The number of hydrogen-bond acceptors (Lipinski definition) is 3. The van der Waals surface area contributed by atoms with Gasteiger partial charge in [-0.15, -0.1) is 0 Å². The Morgan fingerprint density at radius 3 is 2.75 bits per heavy atom. The predicted molar refractivity (Wildman–Crippen MR) is 79.9 cm³/mol. The monoisotopic (exact) mass is 273 g/mol. The molecule has 3 rings (SSSR count). The Bertz CT molecular complexity index is 486. The van der Waals surface area contributed by atoms with Gasteiger partial charge in [-0.1, -0.05) is 17.7 Å². The molecule has 0 aliphatic carbocycles. The summed E-state index contributed by atoms with van der Waals surface area (Å²) < 4.78 is 0. The van der Waals surface area contributed by atoms with Crippen LogP contribution in [0.4, 0.5) is 0 Å². The molecule has 0 radical (unpaired) electrons. The van der Waals surface area contributed by atoms with Gasteiger partial charge in [0, 0.05) is 25.2 Å². The van der Waals surface area contributed by atoms with Crippen LogP contribution in [0.2, 0.25) is 0 Å². The third-order valence-corrected chi connectivity index (χ3v) is 4.58. The van der Waals surface area contributed by atoms with Gasteiger partial charge >= 0.3 is 0 Å². The number of nitrogens with one attached hydrogen (secondary N) is 2. The van der Waals surface area contributed by atoms with E-state index in [9.17, 15) is 4.79 Å². The van der Waals surface area contributed by atoms with Crippen LogP contribution in [0.25, 0.3) is 0 Å². The maximum Gasteiger partial charge on any atom is 0.254 e. The summed E-state index contributed by atoms with van der Waals surface area (Å²) in [4.78, 5) is 15.0. The summed E-state index contributed by atoms with van der Waals surface area (Å²) >= 11 is 0. The van der Waals surface area contributed by atoms with E-state index >= 15 is 0 Å². The molecule has 0 saturated carbocycles. The second kappa shape index (κ2) is 5.54. The van der Waals surface area contributed by atoms with Crippen molar-refractivity contribution in [2.45, 2.75) is 25.3 Å². The van der Waals surface area contributed by atoms with Crippen LogP contribution in [0.15, 0.2) is 24.3 Å². The molecule has 2 aliphatic rings. The Morgan fingerprint density at radius 2 is 2.00 bits per heavy atom. The van der Waals surface area contributed by atoms with Gasteiger partial charge in [0.05, 0.1) is 5.54 Å². The second-order valence-electron chi connectivity index (χ2n) is 5.98. The molecule has 108 valence electrons. The molecule has 0 unspecified atom stereocenters. The summed E-state index contributed by atoms with van der Waals surface area (Å²) in [6.07, 6.45) is 2.08. The van der Waals surface area contributed by atoms with Crippen LogP contribution in [0.1, 0.15) is 28.8 Å². The van der Waals surface area contributed by atoms with Crippen molar-refractivity contribution in [3.63, 3.8) is 0 Å². The van der Waals surface area contributed by atoms with E-state index < -0.39 is 0 Å². The lowest BCUT2D eigenvalue weighted by atomic mass is 9.84. The molecule has 2 fully saturated rings. The summed E-state index contributed by atoms with van der Waals surface area (Å²) in [6.45, 7) is 6.67. The van der Waals surface area contributed by atoms with E-state index in [2.05, 4.69) is 15.5 Å². The van der Waals surface area contributed by atoms with Gasteiger partial charge in [-0.3, -0.25) is 4.79 Å². The lowest BCUT2D eigenvalue weighted by molar-refractivity contribution is 0.0252. The SMILES string of the molecule is Cc1cccc(C(=O)N2CCNCC23CCNCC3)c1. The Kier molecular flexibility index (Phi) is 3.76. The van der Waals surface area contributed by atoms with Crippen molar-refractivity contribution in [3.8, 4) is 0 Å². The van der Waals surface area contributed by atoms with Crippen LogP contribution < -0.4 is 10.6 Å². The second-order valence-corrected chi connectivity index (χ2v) is 5.98. The van der Waals surface area contributed by atoms with Crippen molar-refractivity contribution in [1.82, 2.24) is 15.5 Å². The molecule has 0 atom stereocenters. The van der Waals surface area contributed by atoms with Gasteiger partial charge < -0.3 is 15.5 Å². The largest absolute Gasteiger partial charge is 0.330 e. The lowest BCUT2D eigenvalue weighted by Crippen LogP contribution is -2.66. The predicted octanol–water partition coefficient (Wildman–Crippen LogP) is 1.16. The first kappa shape index (κ1) is 13.6. The van der Waals surface area contributed by atoms with Gasteiger partial charge in [0.1, 0.15) is 0 Å². The highest BCUT2D eigenvalue weighted by Crippen LogP contribution is 2.29. The van der Waals surface area contributed by atoms with Crippen LogP contribution >= 0.6 is 0 Å². The zero-order valence-corrected chi connectivity index (χ0v) is 12.1. The topological polar surface area (TPSA) is 44.4 Å². The highest BCUT2D eigenvalue weighted by atomic mass is 16.2. The van der Waals surface area contributed by atoms with E-state index in [4.69, 9.17) is 0 Å². The Balaban J connectivity index is 1.87. The van der Waals surface area contributed by atoms with Crippen molar-refractivity contribution < 1.29 is 4.79 Å². The summed E-state index contributed by atoms with van der Waals surface area (Å²) in [5.41, 5.74) is 1.97. The van der Waals surface area contributed by atoms with E-state index in [0.717, 1.165) is 56.7 Å². The first-order valence-electron chi connectivity index (χ1n) is 7.51. The zero-order valence-electron chi connectivity index (χ0n) is 12.1. The van der Waals surface area contributed by atoms with Crippen LogP contribution in [-0.2, 0) is 0 Å². The Hall–Kier alpha value is -1.39. The van der Waals surface area contributed by atoms with Gasteiger partial charge in [0.2, 0.25) is 0 Å². The molecule has 1 amide bonds. The quantitative estimate of drug-likeness (QED) is 0.807. The van der Waals surface area contributed by atoms with Crippen molar-refractivity contribution in [2.24, 2.45) is 0 Å². The molecule has 4 nitrogen and oxygen atoms in total. The minimum absolute atomic E-state index is 0.00430. The zero-order chi connectivity index (χ0) is 14.0. The number of piperazine rings is 1. The molecule has 0 bridgehead atoms. The van der Waals surface area contributed by atoms with Gasteiger partial charge in [-0.25, -0.2) is 0 Å². The fourth-order valence-corrected chi connectivity index (χ4v) is 3.43. The molecule has 1 aromatic carbocycles. The first-order chi connectivity index (χ1) is 9.71. The Morgan fingerprint density at radius 1 is 1.20 bits per heavy atom. The van der Waals surface area contributed by atoms with Crippen molar-refractivity contribution in [3.05, 3.63) is 35.4 Å². The normalized spacial score (nSPS) is 21.9. The maximum atomic E-state index is 12.9. The molecular formula is C16H23N3O. The van der Waals surface area contributed by atoms with E-state index in [1.165, 1.54) is 0 Å². The third-order valence-electron chi connectivity index (χ3n) is 4.58. The lowest BCUT2D eigenvalue weighted by Gasteiger charge is -2.50.